The van der Waals surface area contributed by atoms with E-state index in [0.717, 1.165) is 12.8 Å². The number of hydrogen-bond acceptors (Lipinski definition) is 5. The van der Waals surface area contributed by atoms with E-state index >= 15 is 0 Å². The van der Waals surface area contributed by atoms with Gasteiger partial charge in [0.2, 0.25) is 5.91 Å². The predicted octanol–water partition coefficient (Wildman–Crippen LogP) is 1.19. The number of aromatic nitrogens is 3. The lowest BCUT2D eigenvalue weighted by atomic mass is 9.66. The maximum absolute atomic E-state index is 12.6. The van der Waals surface area contributed by atoms with E-state index in [4.69, 9.17) is 0 Å². The molecule has 1 atom stereocenters. The lowest BCUT2D eigenvalue weighted by Gasteiger charge is -2.45. The van der Waals surface area contributed by atoms with Gasteiger partial charge in [0.15, 0.2) is 0 Å². The first-order valence-electron chi connectivity index (χ1n) is 8.70. The summed E-state index contributed by atoms with van der Waals surface area (Å²) in [6.07, 6.45) is 4.71. The van der Waals surface area contributed by atoms with E-state index in [0.29, 0.717) is 31.5 Å². The van der Waals surface area contributed by atoms with Gasteiger partial charge in [0.1, 0.15) is 11.3 Å². The van der Waals surface area contributed by atoms with E-state index in [2.05, 4.69) is 36.2 Å². The van der Waals surface area contributed by atoms with Gasteiger partial charge in [-0.1, -0.05) is 20.8 Å². The van der Waals surface area contributed by atoms with Crippen molar-refractivity contribution in [2.75, 3.05) is 13.1 Å². The molecule has 0 bridgehead atoms. The minimum Gasteiger partial charge on any atom is -0.390 e. The van der Waals surface area contributed by atoms with E-state index < -0.39 is 11.2 Å². The van der Waals surface area contributed by atoms with E-state index in [1.165, 1.54) is 6.20 Å². The lowest BCUT2D eigenvalue weighted by Crippen LogP contribution is -2.51. The van der Waals surface area contributed by atoms with Gasteiger partial charge in [0, 0.05) is 18.9 Å². The molecule has 1 aliphatic carbocycles. The Morgan fingerprint density at radius 1 is 1.42 bits per heavy atom. The van der Waals surface area contributed by atoms with Crippen LogP contribution in [0.2, 0.25) is 0 Å². The van der Waals surface area contributed by atoms with Crippen LogP contribution >= 0.6 is 0 Å². The van der Waals surface area contributed by atoms with Gasteiger partial charge in [-0.3, -0.25) is 4.79 Å². The van der Waals surface area contributed by atoms with Gasteiger partial charge in [-0.25, -0.2) is 0 Å². The number of nitrogens with zero attached hydrogens (tertiary/aromatic N) is 3. The number of aromatic amines is 1. The largest absolute Gasteiger partial charge is 0.390 e. The zero-order valence-corrected chi connectivity index (χ0v) is 14.7. The molecule has 1 saturated heterocycles. The number of carbonyl (C=O) groups is 1. The number of carbonyl (C=O) groups excluding carboxylic acids is 1. The Labute approximate surface area is 142 Å². The predicted molar refractivity (Wildman–Crippen MR) is 87.8 cm³/mol. The highest BCUT2D eigenvalue weighted by Crippen LogP contribution is 2.44. The molecule has 2 fully saturated rings. The van der Waals surface area contributed by atoms with E-state index in [-0.39, 0.29) is 23.8 Å². The van der Waals surface area contributed by atoms with Crippen LogP contribution in [0.4, 0.5) is 0 Å². The van der Waals surface area contributed by atoms with E-state index in [9.17, 15) is 15.0 Å². The standard InChI is InChI=1S/C17H28N4O3/c1-15(2,3)4-5-16(23)8-12(9-16)14(22)21-7-6-17(24,11-21)13-10-18-20-19-13/h10,12,23-24H,4-9,11H2,1-3H3,(H,18,19,20)/t12?,16?,17-/m1/s1. The number of rotatable bonds is 4. The molecule has 7 nitrogen and oxygen atoms in total. The molecule has 7 heteroatoms. The third kappa shape index (κ3) is 3.47. The third-order valence-electron chi connectivity index (χ3n) is 5.39. The molecule has 3 rings (SSSR count). The normalized spacial score (nSPS) is 33.5. The summed E-state index contributed by atoms with van der Waals surface area (Å²) in [6, 6.07) is 0. The number of nitrogens with one attached hydrogen (secondary N) is 1. The van der Waals surface area contributed by atoms with Crippen LogP contribution in [0.25, 0.3) is 0 Å². The molecule has 2 aliphatic rings. The third-order valence-corrected chi connectivity index (χ3v) is 5.39. The summed E-state index contributed by atoms with van der Waals surface area (Å²) in [6.45, 7) is 7.24. The van der Waals surface area contributed by atoms with Crippen molar-refractivity contribution >= 4 is 5.91 Å². The maximum atomic E-state index is 12.6. The van der Waals surface area contributed by atoms with Crippen LogP contribution < -0.4 is 0 Å². The molecule has 134 valence electrons. The fourth-order valence-corrected chi connectivity index (χ4v) is 3.72. The molecule has 1 aliphatic heterocycles. The van der Waals surface area contributed by atoms with Gasteiger partial charge in [-0.2, -0.15) is 15.4 Å². The highest BCUT2D eigenvalue weighted by molar-refractivity contribution is 5.80. The first-order chi connectivity index (χ1) is 11.1. The van der Waals surface area contributed by atoms with E-state index in [1.54, 1.807) is 4.90 Å². The summed E-state index contributed by atoms with van der Waals surface area (Å²) >= 11 is 0. The molecule has 1 amide bonds. The molecule has 24 heavy (non-hydrogen) atoms. The Morgan fingerprint density at radius 3 is 2.71 bits per heavy atom. The Hall–Kier alpha value is -1.47. The zero-order chi connectivity index (χ0) is 17.6. The topological polar surface area (TPSA) is 102 Å². The molecule has 3 N–H and O–H groups in total. The van der Waals surface area contributed by atoms with Gasteiger partial charge in [-0.05, 0) is 31.1 Å². The zero-order valence-electron chi connectivity index (χ0n) is 14.7. The molecule has 0 aromatic carbocycles. The molecular weight excluding hydrogens is 308 g/mol. The highest BCUT2D eigenvalue weighted by atomic mass is 16.3. The van der Waals surface area contributed by atoms with Crippen molar-refractivity contribution in [2.24, 2.45) is 11.3 Å². The highest BCUT2D eigenvalue weighted by Gasteiger charge is 2.50. The van der Waals surface area contributed by atoms with Crippen molar-refractivity contribution in [3.63, 3.8) is 0 Å². The molecule has 0 radical (unpaired) electrons. The Morgan fingerprint density at radius 2 is 2.12 bits per heavy atom. The first kappa shape index (κ1) is 17.4. The molecule has 2 heterocycles. The smallest absolute Gasteiger partial charge is 0.226 e. The number of β-amino-alcohol motifs (C(OH)–C–C–N with tert-alkyl or cyclic N) is 1. The van der Waals surface area contributed by atoms with Crippen LogP contribution in [0.5, 0.6) is 0 Å². The van der Waals surface area contributed by atoms with Crippen LogP contribution in [0.1, 0.15) is 58.6 Å². The van der Waals surface area contributed by atoms with Crippen molar-refractivity contribution in [1.82, 2.24) is 20.3 Å². The lowest BCUT2D eigenvalue weighted by molar-refractivity contribution is -0.153. The average Bonchev–Trinajstić information content (AvgIpc) is 3.11. The summed E-state index contributed by atoms with van der Waals surface area (Å²) in [5.41, 5.74) is -1.15. The minimum atomic E-state index is -1.12. The second-order valence-electron chi connectivity index (χ2n) is 8.79. The number of H-pyrrole nitrogens is 1. The van der Waals surface area contributed by atoms with Gasteiger partial charge in [-0.15, -0.1) is 0 Å². The van der Waals surface area contributed by atoms with Gasteiger partial charge >= 0.3 is 0 Å². The van der Waals surface area contributed by atoms with Crippen LogP contribution in [-0.4, -0.2) is 55.1 Å². The van der Waals surface area contributed by atoms with Crippen molar-refractivity contribution in [3.8, 4) is 0 Å². The molecule has 1 saturated carbocycles. The number of likely N-dealkylation sites (tertiary alicyclic amines) is 1. The Balaban J connectivity index is 1.52. The van der Waals surface area contributed by atoms with Gasteiger partial charge in [0.05, 0.1) is 18.3 Å². The van der Waals surface area contributed by atoms with Crippen LogP contribution in [-0.2, 0) is 10.4 Å². The van der Waals surface area contributed by atoms with Crippen LogP contribution in [0.15, 0.2) is 6.20 Å². The second kappa shape index (κ2) is 5.81. The molecular formula is C17H28N4O3. The number of hydrogen-bond donors (Lipinski definition) is 3. The van der Waals surface area contributed by atoms with Crippen molar-refractivity contribution in [3.05, 3.63) is 11.9 Å². The minimum absolute atomic E-state index is 0.0369. The van der Waals surface area contributed by atoms with Crippen LogP contribution in [0, 0.1) is 11.3 Å². The summed E-state index contributed by atoms with van der Waals surface area (Å²) in [7, 11) is 0. The van der Waals surface area contributed by atoms with Crippen molar-refractivity contribution < 1.29 is 15.0 Å². The average molecular weight is 336 g/mol. The van der Waals surface area contributed by atoms with Crippen LogP contribution in [0.3, 0.4) is 0 Å². The molecule has 1 aromatic heterocycles. The molecule has 0 unspecified atom stereocenters. The fraction of sp³-hybridized carbons (Fsp3) is 0.824. The van der Waals surface area contributed by atoms with Crippen molar-refractivity contribution in [1.29, 1.82) is 0 Å². The SMILES string of the molecule is CC(C)(C)CCC1(O)CC(C(=O)N2CC[C@](O)(c3cn[nH]n3)C2)C1. The number of aliphatic hydroxyl groups is 2. The first-order valence-corrected chi connectivity index (χ1v) is 8.70. The van der Waals surface area contributed by atoms with E-state index in [1.807, 2.05) is 0 Å². The monoisotopic (exact) mass is 336 g/mol. The quantitative estimate of drug-likeness (QED) is 0.766. The Bertz CT molecular complexity index is 589. The summed E-state index contributed by atoms with van der Waals surface area (Å²) < 4.78 is 0. The fourth-order valence-electron chi connectivity index (χ4n) is 3.72. The summed E-state index contributed by atoms with van der Waals surface area (Å²) in [4.78, 5) is 14.3. The molecule has 0 spiro atoms. The Kier molecular flexibility index (Phi) is 4.20. The number of amides is 1. The second-order valence-corrected chi connectivity index (χ2v) is 8.79. The summed E-state index contributed by atoms with van der Waals surface area (Å²) in [5, 5.41) is 31.4. The maximum Gasteiger partial charge on any atom is 0.226 e. The molecule has 1 aromatic rings. The van der Waals surface area contributed by atoms with Crippen molar-refractivity contribution in [2.45, 2.75) is 64.1 Å². The van der Waals surface area contributed by atoms with Gasteiger partial charge in [0.25, 0.3) is 0 Å². The summed E-state index contributed by atoms with van der Waals surface area (Å²) in [5.74, 6) is -0.0931. The van der Waals surface area contributed by atoms with Gasteiger partial charge < -0.3 is 15.1 Å².